The van der Waals surface area contributed by atoms with Crippen LogP contribution in [0.4, 0.5) is 13.2 Å². The molecule has 0 unspecified atom stereocenters. The summed E-state index contributed by atoms with van der Waals surface area (Å²) in [4.78, 5) is 0. The summed E-state index contributed by atoms with van der Waals surface area (Å²) in [7, 11) is 1.51. The first-order valence-electron chi connectivity index (χ1n) is 6.57. The van der Waals surface area contributed by atoms with E-state index >= 15 is 0 Å². The van der Waals surface area contributed by atoms with E-state index < -0.39 is 11.7 Å². The lowest BCUT2D eigenvalue weighted by molar-refractivity contribution is -0.137. The minimum absolute atomic E-state index is 0.278. The summed E-state index contributed by atoms with van der Waals surface area (Å²) in [5.41, 5.74) is -0.375. The van der Waals surface area contributed by atoms with Gasteiger partial charge in [-0.3, -0.25) is 0 Å². The van der Waals surface area contributed by atoms with Crippen LogP contribution in [0.2, 0.25) is 0 Å². The zero-order chi connectivity index (χ0) is 15.9. The summed E-state index contributed by atoms with van der Waals surface area (Å²) < 4.78 is 40.5. The first-order chi connectivity index (χ1) is 10.4. The molecule has 0 N–H and O–H groups in total. The first kappa shape index (κ1) is 14.2. The molecule has 0 bridgehead atoms. The molecule has 0 aliphatic heterocycles. The zero-order valence-electron chi connectivity index (χ0n) is 11.6. The molecule has 0 saturated carbocycles. The number of fused-ring (bicyclic) bond motifs is 1. The van der Waals surface area contributed by atoms with E-state index in [1.165, 1.54) is 11.6 Å². The van der Waals surface area contributed by atoms with Crippen molar-refractivity contribution >= 4 is 10.8 Å². The molecule has 110 valence electrons. The Morgan fingerprint density at radius 1 is 1.05 bits per heavy atom. The Bertz CT molecular complexity index is 898. The van der Waals surface area contributed by atoms with Gasteiger partial charge in [-0.15, -0.1) is 0 Å². The molecule has 0 aliphatic carbocycles. The molecule has 5 heteroatoms. The maximum Gasteiger partial charge on any atom is 0.419 e. The van der Waals surface area contributed by atoms with Gasteiger partial charge < -0.3 is 4.57 Å². The fourth-order valence-electron chi connectivity index (χ4n) is 2.64. The van der Waals surface area contributed by atoms with E-state index in [-0.39, 0.29) is 11.3 Å². The smallest absolute Gasteiger partial charge is 0.349 e. The van der Waals surface area contributed by atoms with E-state index in [9.17, 15) is 18.4 Å². The standard InChI is InChI=1S/C17H11F3N2/c1-22-10-15(17(18,19)20)14(9-21)16(22)13-7-6-11-4-2-3-5-12(11)8-13/h2-8,10H,1H3. The van der Waals surface area contributed by atoms with Crippen molar-refractivity contribution in [2.45, 2.75) is 6.18 Å². The van der Waals surface area contributed by atoms with Gasteiger partial charge in [0.15, 0.2) is 0 Å². The van der Waals surface area contributed by atoms with Crippen molar-refractivity contribution in [1.82, 2.24) is 4.57 Å². The summed E-state index contributed by atoms with van der Waals surface area (Å²) >= 11 is 0. The van der Waals surface area contributed by atoms with Gasteiger partial charge >= 0.3 is 6.18 Å². The number of hydrogen-bond acceptors (Lipinski definition) is 1. The van der Waals surface area contributed by atoms with E-state index in [1.807, 2.05) is 30.3 Å². The Morgan fingerprint density at radius 2 is 1.73 bits per heavy atom. The van der Waals surface area contributed by atoms with Crippen molar-refractivity contribution < 1.29 is 13.2 Å². The quantitative estimate of drug-likeness (QED) is 0.638. The lowest BCUT2D eigenvalue weighted by atomic mass is 10.0. The SMILES string of the molecule is Cn1cc(C(F)(F)F)c(C#N)c1-c1ccc2ccccc2c1. The highest BCUT2D eigenvalue weighted by Crippen LogP contribution is 2.38. The van der Waals surface area contributed by atoms with Gasteiger partial charge in [-0.2, -0.15) is 18.4 Å². The molecule has 1 aromatic heterocycles. The summed E-state index contributed by atoms with van der Waals surface area (Å²) in [6, 6.07) is 14.6. The molecule has 0 saturated heterocycles. The molecule has 3 rings (SSSR count). The van der Waals surface area contributed by atoms with Gasteiger partial charge in [0.2, 0.25) is 0 Å². The predicted molar refractivity (Wildman–Crippen MR) is 78.1 cm³/mol. The highest BCUT2D eigenvalue weighted by molar-refractivity contribution is 5.87. The monoisotopic (exact) mass is 300 g/mol. The highest BCUT2D eigenvalue weighted by Gasteiger charge is 2.37. The summed E-state index contributed by atoms with van der Waals surface area (Å²) in [5.74, 6) is 0. The lowest BCUT2D eigenvalue weighted by Gasteiger charge is -2.07. The van der Waals surface area contributed by atoms with Crippen LogP contribution in [0.1, 0.15) is 11.1 Å². The number of aromatic nitrogens is 1. The maximum absolute atomic E-state index is 13.0. The van der Waals surface area contributed by atoms with Crippen molar-refractivity contribution in [2.75, 3.05) is 0 Å². The molecular weight excluding hydrogens is 289 g/mol. The minimum Gasteiger partial charge on any atom is -0.349 e. The Labute approximate surface area is 125 Å². The molecular formula is C17H11F3N2. The van der Waals surface area contributed by atoms with Gasteiger partial charge in [-0.1, -0.05) is 36.4 Å². The molecule has 0 amide bonds. The topological polar surface area (TPSA) is 28.7 Å². The third-order valence-electron chi connectivity index (χ3n) is 3.62. The Morgan fingerprint density at radius 3 is 2.36 bits per heavy atom. The van der Waals surface area contributed by atoms with Crippen molar-refractivity contribution in [3.05, 3.63) is 59.8 Å². The second kappa shape index (κ2) is 4.92. The Hall–Kier alpha value is -2.74. The zero-order valence-corrected chi connectivity index (χ0v) is 11.6. The van der Waals surface area contributed by atoms with E-state index in [1.54, 1.807) is 18.2 Å². The average Bonchev–Trinajstić information content (AvgIpc) is 2.83. The lowest BCUT2D eigenvalue weighted by Crippen LogP contribution is -2.05. The van der Waals surface area contributed by atoms with Crippen LogP contribution in [0, 0.1) is 11.3 Å². The third kappa shape index (κ3) is 2.23. The van der Waals surface area contributed by atoms with E-state index in [4.69, 9.17) is 0 Å². The second-order valence-corrected chi connectivity index (χ2v) is 5.05. The highest BCUT2D eigenvalue weighted by atomic mass is 19.4. The second-order valence-electron chi connectivity index (χ2n) is 5.05. The number of halogens is 3. The maximum atomic E-state index is 13.0. The van der Waals surface area contributed by atoms with Gasteiger partial charge in [-0.05, 0) is 16.8 Å². The molecule has 2 aromatic carbocycles. The van der Waals surface area contributed by atoms with Crippen LogP contribution in [-0.2, 0) is 13.2 Å². The van der Waals surface area contributed by atoms with E-state index in [0.29, 0.717) is 5.56 Å². The number of benzene rings is 2. The molecule has 0 atom stereocenters. The molecule has 22 heavy (non-hydrogen) atoms. The number of aryl methyl sites for hydroxylation is 1. The van der Waals surface area contributed by atoms with Crippen molar-refractivity contribution in [3.63, 3.8) is 0 Å². The third-order valence-corrected chi connectivity index (χ3v) is 3.62. The number of rotatable bonds is 1. The van der Waals surface area contributed by atoms with Crippen LogP contribution in [0.15, 0.2) is 48.7 Å². The molecule has 3 aromatic rings. The summed E-state index contributed by atoms with van der Waals surface area (Å²) in [6.45, 7) is 0. The number of nitriles is 1. The van der Waals surface area contributed by atoms with Crippen LogP contribution in [-0.4, -0.2) is 4.57 Å². The normalized spacial score (nSPS) is 11.6. The van der Waals surface area contributed by atoms with Gasteiger partial charge in [0.25, 0.3) is 0 Å². The molecule has 0 spiro atoms. The Kier molecular flexibility index (Phi) is 3.18. The fourth-order valence-corrected chi connectivity index (χ4v) is 2.64. The molecule has 1 heterocycles. The van der Waals surface area contributed by atoms with Crippen molar-refractivity contribution in [3.8, 4) is 17.3 Å². The van der Waals surface area contributed by atoms with Crippen LogP contribution in [0.5, 0.6) is 0 Å². The molecule has 2 nitrogen and oxygen atoms in total. The van der Waals surface area contributed by atoms with E-state index in [2.05, 4.69) is 0 Å². The van der Waals surface area contributed by atoms with Crippen LogP contribution < -0.4 is 0 Å². The van der Waals surface area contributed by atoms with Crippen LogP contribution in [0.25, 0.3) is 22.0 Å². The molecule has 0 aliphatic rings. The summed E-state index contributed by atoms with van der Waals surface area (Å²) in [6.07, 6.45) is -3.58. The predicted octanol–water partition coefficient (Wildman–Crippen LogP) is 4.74. The largest absolute Gasteiger partial charge is 0.419 e. The van der Waals surface area contributed by atoms with Gasteiger partial charge in [0.05, 0.1) is 16.8 Å². The van der Waals surface area contributed by atoms with Crippen LogP contribution >= 0.6 is 0 Å². The van der Waals surface area contributed by atoms with Gasteiger partial charge in [-0.25, -0.2) is 0 Å². The van der Waals surface area contributed by atoms with Gasteiger partial charge in [0.1, 0.15) is 6.07 Å². The number of hydrogen-bond donors (Lipinski definition) is 0. The minimum atomic E-state index is -4.54. The molecule has 0 radical (unpaired) electrons. The van der Waals surface area contributed by atoms with E-state index in [0.717, 1.165) is 17.0 Å². The van der Waals surface area contributed by atoms with Crippen LogP contribution in [0.3, 0.4) is 0 Å². The van der Waals surface area contributed by atoms with Crippen molar-refractivity contribution in [2.24, 2.45) is 7.05 Å². The number of alkyl halides is 3. The average molecular weight is 300 g/mol. The number of nitrogens with zero attached hydrogens (tertiary/aromatic N) is 2. The van der Waals surface area contributed by atoms with Crippen molar-refractivity contribution in [1.29, 1.82) is 5.26 Å². The molecule has 0 fully saturated rings. The van der Waals surface area contributed by atoms with Gasteiger partial charge in [0, 0.05) is 18.8 Å². The summed E-state index contributed by atoms with van der Waals surface area (Å²) in [5, 5.41) is 11.1. The fraction of sp³-hybridized carbons (Fsp3) is 0.118. The Balaban J connectivity index is 2.27. The first-order valence-corrected chi connectivity index (χ1v) is 6.57.